The molecule has 0 amide bonds. The van der Waals surface area contributed by atoms with Crippen LogP contribution in [-0.4, -0.2) is 0 Å². The van der Waals surface area contributed by atoms with E-state index in [0.29, 0.717) is 0 Å². The molecule has 0 atom stereocenters. The highest BCUT2D eigenvalue weighted by Gasteiger charge is 2.34. The van der Waals surface area contributed by atoms with E-state index in [0.717, 1.165) is 18.4 Å². The Balaban J connectivity index is 1.49. The van der Waals surface area contributed by atoms with Crippen LogP contribution in [0, 0.1) is 0 Å². The molecule has 0 saturated heterocycles. The molecule has 226 valence electrons. The molecule has 0 nitrogen and oxygen atoms in total. The lowest BCUT2D eigenvalue weighted by molar-refractivity contribution is 1.04. The van der Waals surface area contributed by atoms with Gasteiger partial charge in [-0.25, -0.2) is 0 Å². The molecule has 0 spiro atoms. The Morgan fingerprint density at radius 3 is 1.52 bits per heavy atom. The summed E-state index contributed by atoms with van der Waals surface area (Å²) in [4.78, 5) is 0. The molecule has 48 heavy (non-hydrogen) atoms. The van der Waals surface area contributed by atoms with Gasteiger partial charge in [-0.15, -0.1) is 0 Å². The summed E-state index contributed by atoms with van der Waals surface area (Å²) in [6.45, 7) is 3.97. The standard InChI is InChI=1S/C48H34/c1-2-32-26-28-33(29-27-32)38-30-31-41-46-39(38)24-15-25-40(46)47-44(36-20-11-5-12-21-36)42(34-16-7-3-8-17-34)43(35-18-9-4-10-19-35)45(48(41)47)37-22-13-6-14-23-37/h2-3,5-9,11-31H,1,4,10H2. The first-order chi connectivity index (χ1) is 23.8. The van der Waals surface area contributed by atoms with Crippen LogP contribution in [0.25, 0.3) is 89.2 Å². The molecule has 0 unspecified atom stereocenters. The van der Waals surface area contributed by atoms with E-state index in [2.05, 4.69) is 170 Å². The van der Waals surface area contributed by atoms with Gasteiger partial charge in [0.25, 0.3) is 0 Å². The summed E-state index contributed by atoms with van der Waals surface area (Å²) < 4.78 is 0. The van der Waals surface area contributed by atoms with Crippen LogP contribution in [0.15, 0.2) is 170 Å². The van der Waals surface area contributed by atoms with Crippen LogP contribution in [0.5, 0.6) is 0 Å². The van der Waals surface area contributed by atoms with Crippen LogP contribution in [0.1, 0.15) is 24.0 Å². The Labute approximate surface area is 282 Å². The lowest BCUT2D eigenvalue weighted by Crippen LogP contribution is -2.02. The third-order valence-electron chi connectivity index (χ3n) is 10.0. The fraction of sp³-hybridized carbons (Fsp3) is 0.0417. The zero-order valence-electron chi connectivity index (χ0n) is 26.8. The van der Waals surface area contributed by atoms with E-state index in [1.807, 2.05) is 6.08 Å². The van der Waals surface area contributed by atoms with E-state index in [-0.39, 0.29) is 0 Å². The first kappa shape index (κ1) is 28.3. The van der Waals surface area contributed by atoms with Crippen molar-refractivity contribution < 1.29 is 0 Å². The van der Waals surface area contributed by atoms with Crippen molar-refractivity contribution in [3.63, 3.8) is 0 Å². The summed E-state index contributed by atoms with van der Waals surface area (Å²) in [5.74, 6) is 0. The summed E-state index contributed by atoms with van der Waals surface area (Å²) in [5, 5.41) is 2.61. The van der Waals surface area contributed by atoms with Crippen LogP contribution < -0.4 is 0 Å². The monoisotopic (exact) mass is 610 g/mol. The van der Waals surface area contributed by atoms with Crippen LogP contribution >= 0.6 is 0 Å². The second kappa shape index (κ2) is 11.7. The van der Waals surface area contributed by atoms with Crippen molar-refractivity contribution in [1.82, 2.24) is 0 Å². The maximum Gasteiger partial charge on any atom is -0.000718 e. The van der Waals surface area contributed by atoms with Gasteiger partial charge in [-0.2, -0.15) is 0 Å². The molecule has 0 heterocycles. The van der Waals surface area contributed by atoms with E-state index >= 15 is 0 Å². The third kappa shape index (κ3) is 4.45. The summed E-state index contributed by atoms with van der Waals surface area (Å²) in [7, 11) is 0. The van der Waals surface area contributed by atoms with Gasteiger partial charge in [0.1, 0.15) is 0 Å². The number of hydrogen-bond acceptors (Lipinski definition) is 0. The van der Waals surface area contributed by atoms with Gasteiger partial charge in [0.15, 0.2) is 0 Å². The normalized spacial score (nSPS) is 13.0. The smallest absolute Gasteiger partial charge is 0.000718 e. The molecule has 0 N–H and O–H groups in total. The topological polar surface area (TPSA) is 0 Å². The Kier molecular flexibility index (Phi) is 6.87. The van der Waals surface area contributed by atoms with E-state index < -0.39 is 0 Å². The largest absolute Gasteiger partial charge is 0.0985 e. The van der Waals surface area contributed by atoms with Gasteiger partial charge in [-0.3, -0.25) is 0 Å². The van der Waals surface area contributed by atoms with Crippen molar-refractivity contribution in [1.29, 1.82) is 0 Å². The van der Waals surface area contributed by atoms with Gasteiger partial charge < -0.3 is 0 Å². The summed E-state index contributed by atoms with van der Waals surface area (Å²) in [6, 6.07) is 53.5. The van der Waals surface area contributed by atoms with Gasteiger partial charge in [-0.05, 0) is 107 Å². The fourth-order valence-electron chi connectivity index (χ4n) is 7.93. The van der Waals surface area contributed by atoms with Gasteiger partial charge in [0.05, 0.1) is 0 Å². The number of fused-ring (bicyclic) bond motifs is 3. The minimum Gasteiger partial charge on any atom is -0.0985 e. The van der Waals surface area contributed by atoms with E-state index in [4.69, 9.17) is 0 Å². The molecule has 2 aliphatic carbocycles. The van der Waals surface area contributed by atoms with Crippen LogP contribution in [-0.2, 0) is 0 Å². The van der Waals surface area contributed by atoms with Gasteiger partial charge >= 0.3 is 0 Å². The maximum atomic E-state index is 3.97. The molecule has 0 aliphatic heterocycles. The number of hydrogen-bond donors (Lipinski definition) is 0. The number of rotatable bonds is 6. The molecule has 2 aliphatic rings. The molecule has 0 saturated carbocycles. The third-order valence-corrected chi connectivity index (χ3v) is 10.0. The Morgan fingerprint density at radius 2 is 0.958 bits per heavy atom. The minimum absolute atomic E-state index is 1.04. The number of allylic oxidation sites excluding steroid dienone is 4. The van der Waals surface area contributed by atoms with Crippen molar-refractivity contribution in [2.45, 2.75) is 12.8 Å². The SMILES string of the molecule is C=Cc1ccc(-c2ccc3c4c(cccc24)-c2c(-c4ccccc4)c(-c4ccccc4)c(C4=CCCC=C4)c(-c4ccccc4)c2-3)cc1. The summed E-state index contributed by atoms with van der Waals surface area (Å²) in [6.07, 6.45) is 11.2. The molecule has 0 fully saturated rings. The highest BCUT2D eigenvalue weighted by Crippen LogP contribution is 2.60. The molecule has 9 rings (SSSR count). The predicted molar refractivity (Wildman–Crippen MR) is 207 cm³/mol. The highest BCUT2D eigenvalue weighted by molar-refractivity contribution is 6.26. The summed E-state index contributed by atoms with van der Waals surface area (Å²) >= 11 is 0. The molecule has 7 aromatic rings. The van der Waals surface area contributed by atoms with E-state index in [9.17, 15) is 0 Å². The Bertz CT molecular complexity index is 2410. The first-order valence-corrected chi connectivity index (χ1v) is 16.9. The lowest BCUT2D eigenvalue weighted by atomic mass is 9.76. The Hall–Kier alpha value is -5.98. The maximum absolute atomic E-state index is 3.97. The molecule has 7 aromatic carbocycles. The molecule has 0 heteroatoms. The van der Waals surface area contributed by atoms with Crippen molar-refractivity contribution in [3.05, 3.63) is 182 Å². The van der Waals surface area contributed by atoms with Crippen LogP contribution in [0.2, 0.25) is 0 Å². The molecule has 0 bridgehead atoms. The average Bonchev–Trinajstić information content (AvgIpc) is 3.50. The zero-order chi connectivity index (χ0) is 32.0. The van der Waals surface area contributed by atoms with Crippen molar-refractivity contribution in [3.8, 4) is 66.8 Å². The minimum atomic E-state index is 1.04. The zero-order valence-corrected chi connectivity index (χ0v) is 26.8. The quantitative estimate of drug-likeness (QED) is 0.176. The van der Waals surface area contributed by atoms with Gasteiger partial charge in [-0.1, -0.05) is 176 Å². The molecule has 0 aromatic heterocycles. The summed E-state index contributed by atoms with van der Waals surface area (Å²) in [5.41, 5.74) is 19.1. The molecule has 0 radical (unpaired) electrons. The van der Waals surface area contributed by atoms with Gasteiger partial charge in [0.2, 0.25) is 0 Å². The van der Waals surface area contributed by atoms with E-state index in [1.165, 1.54) is 88.7 Å². The highest BCUT2D eigenvalue weighted by atomic mass is 14.4. The average molecular weight is 611 g/mol. The lowest BCUT2D eigenvalue weighted by Gasteiger charge is -2.27. The Morgan fingerprint density at radius 1 is 0.417 bits per heavy atom. The fourth-order valence-corrected chi connectivity index (χ4v) is 7.93. The second-order valence-electron chi connectivity index (χ2n) is 12.7. The van der Waals surface area contributed by atoms with Crippen LogP contribution in [0.4, 0.5) is 0 Å². The molecular weight excluding hydrogens is 577 g/mol. The van der Waals surface area contributed by atoms with Crippen molar-refractivity contribution in [2.24, 2.45) is 0 Å². The molecular formula is C48H34. The number of benzene rings is 7. The van der Waals surface area contributed by atoms with Crippen molar-refractivity contribution in [2.75, 3.05) is 0 Å². The van der Waals surface area contributed by atoms with Crippen LogP contribution in [0.3, 0.4) is 0 Å². The van der Waals surface area contributed by atoms with E-state index in [1.54, 1.807) is 0 Å². The first-order valence-electron chi connectivity index (χ1n) is 16.9. The second-order valence-corrected chi connectivity index (χ2v) is 12.7. The van der Waals surface area contributed by atoms with Crippen molar-refractivity contribution >= 4 is 22.4 Å². The predicted octanol–water partition coefficient (Wildman–Crippen LogP) is 13.5. The van der Waals surface area contributed by atoms with Gasteiger partial charge in [0, 0.05) is 0 Å².